The molecule has 0 aromatic carbocycles. The van der Waals surface area contributed by atoms with Gasteiger partial charge in [0.1, 0.15) is 22.5 Å². The number of carbonyl (C=O) groups is 1. The van der Waals surface area contributed by atoms with Crippen LogP contribution in [0.5, 0.6) is 0 Å². The minimum absolute atomic E-state index is 0.0845. The highest BCUT2D eigenvalue weighted by atomic mass is 35.5. The quantitative estimate of drug-likeness (QED) is 0.855. The first-order valence-electron chi connectivity index (χ1n) is 6.08. The molecule has 0 aliphatic heterocycles. The summed E-state index contributed by atoms with van der Waals surface area (Å²) in [6.07, 6.45) is -3.79. The van der Waals surface area contributed by atoms with Crippen molar-refractivity contribution in [3.8, 4) is 6.07 Å². The second kappa shape index (κ2) is 6.84. The summed E-state index contributed by atoms with van der Waals surface area (Å²) in [7, 11) is 0. The third-order valence-electron chi connectivity index (χ3n) is 2.66. The van der Waals surface area contributed by atoms with Crippen LogP contribution >= 0.6 is 34.5 Å². The van der Waals surface area contributed by atoms with Crippen molar-refractivity contribution >= 4 is 46.1 Å². The average molecular weight is 396 g/mol. The van der Waals surface area contributed by atoms with Crippen molar-refractivity contribution < 1.29 is 18.0 Å². The maximum atomic E-state index is 12.5. The number of nitrogens with one attached hydrogen (secondary N) is 1. The third kappa shape index (κ3) is 4.29. The fourth-order valence-corrected chi connectivity index (χ4v) is 3.03. The highest BCUT2D eigenvalue weighted by Crippen LogP contribution is 2.27. The fourth-order valence-electron chi connectivity index (χ4n) is 1.73. The van der Waals surface area contributed by atoms with E-state index in [4.69, 9.17) is 28.5 Å². The standard InChI is InChI=1S/C13H6Cl2F3N3O2S/c14-7-2-9(24-10(7)3-19)11(22)20-6-1-8(15)12(23)21(4-6)5-13(16,17)18/h1-2,4H,5H2,(H,20,22). The van der Waals surface area contributed by atoms with Crippen LogP contribution in [0.25, 0.3) is 0 Å². The summed E-state index contributed by atoms with van der Waals surface area (Å²) in [5, 5.41) is 10.7. The van der Waals surface area contributed by atoms with Gasteiger partial charge in [0.25, 0.3) is 11.5 Å². The Morgan fingerprint density at radius 1 is 1.33 bits per heavy atom. The van der Waals surface area contributed by atoms with E-state index in [2.05, 4.69) is 5.32 Å². The van der Waals surface area contributed by atoms with Gasteiger partial charge in [-0.15, -0.1) is 11.3 Å². The maximum absolute atomic E-state index is 12.5. The number of anilines is 1. The molecule has 0 radical (unpaired) electrons. The normalized spacial score (nSPS) is 11.2. The van der Waals surface area contributed by atoms with Gasteiger partial charge in [-0.2, -0.15) is 18.4 Å². The Balaban J connectivity index is 2.31. The van der Waals surface area contributed by atoms with Gasteiger partial charge in [0.2, 0.25) is 0 Å². The molecule has 2 aromatic heterocycles. The van der Waals surface area contributed by atoms with Gasteiger partial charge in [0.15, 0.2) is 0 Å². The van der Waals surface area contributed by atoms with Crippen molar-refractivity contribution in [3.63, 3.8) is 0 Å². The summed E-state index contributed by atoms with van der Waals surface area (Å²) in [5.74, 6) is -0.698. The lowest BCUT2D eigenvalue weighted by molar-refractivity contribution is -0.141. The van der Waals surface area contributed by atoms with E-state index in [0.29, 0.717) is 4.57 Å². The molecule has 0 spiro atoms. The number of amides is 1. The first kappa shape index (κ1) is 18.3. The number of thiophene rings is 1. The van der Waals surface area contributed by atoms with Gasteiger partial charge in [0, 0.05) is 6.20 Å². The largest absolute Gasteiger partial charge is 0.406 e. The van der Waals surface area contributed by atoms with Gasteiger partial charge in [-0.3, -0.25) is 9.59 Å². The maximum Gasteiger partial charge on any atom is 0.406 e. The number of nitriles is 1. The van der Waals surface area contributed by atoms with E-state index in [1.54, 1.807) is 6.07 Å². The molecule has 126 valence electrons. The number of aromatic nitrogens is 1. The number of carbonyl (C=O) groups excluding carboxylic acids is 1. The lowest BCUT2D eigenvalue weighted by Gasteiger charge is -2.12. The lowest BCUT2D eigenvalue weighted by Crippen LogP contribution is -2.28. The van der Waals surface area contributed by atoms with Crippen molar-refractivity contribution in [2.75, 3.05) is 5.32 Å². The van der Waals surface area contributed by atoms with Crippen LogP contribution in [0, 0.1) is 11.3 Å². The minimum Gasteiger partial charge on any atom is -0.320 e. The summed E-state index contributed by atoms with van der Waals surface area (Å²) < 4.78 is 37.7. The van der Waals surface area contributed by atoms with Gasteiger partial charge in [-0.25, -0.2) is 0 Å². The van der Waals surface area contributed by atoms with E-state index in [9.17, 15) is 22.8 Å². The number of hydrogen-bond donors (Lipinski definition) is 1. The summed E-state index contributed by atoms with van der Waals surface area (Å²) in [6.45, 7) is -1.54. The molecule has 11 heteroatoms. The zero-order chi connectivity index (χ0) is 18.1. The van der Waals surface area contributed by atoms with Crippen molar-refractivity contribution in [1.82, 2.24) is 4.57 Å². The molecule has 0 bridgehead atoms. The van der Waals surface area contributed by atoms with Crippen LogP contribution in [0.1, 0.15) is 14.5 Å². The van der Waals surface area contributed by atoms with Crippen molar-refractivity contribution in [2.45, 2.75) is 12.7 Å². The Labute approximate surface area is 146 Å². The smallest absolute Gasteiger partial charge is 0.320 e. The van der Waals surface area contributed by atoms with E-state index >= 15 is 0 Å². The molecular formula is C13H6Cl2F3N3O2S. The second-order valence-corrected chi connectivity index (χ2v) is 6.35. The molecule has 0 saturated heterocycles. The van der Waals surface area contributed by atoms with Crippen LogP contribution in [0.15, 0.2) is 23.1 Å². The second-order valence-electron chi connectivity index (χ2n) is 4.48. The molecule has 2 rings (SSSR count). The Morgan fingerprint density at radius 3 is 2.54 bits per heavy atom. The van der Waals surface area contributed by atoms with E-state index in [0.717, 1.165) is 23.6 Å². The molecule has 24 heavy (non-hydrogen) atoms. The molecule has 0 aliphatic rings. The molecule has 2 heterocycles. The Hall–Kier alpha value is -2.02. The predicted octanol–water partition coefficient (Wildman–Crippen LogP) is 3.90. The summed E-state index contributed by atoms with van der Waals surface area (Å²) in [6, 6.07) is 4.10. The predicted molar refractivity (Wildman–Crippen MR) is 83.8 cm³/mol. The topological polar surface area (TPSA) is 74.9 Å². The summed E-state index contributed by atoms with van der Waals surface area (Å²) in [4.78, 5) is 23.9. The average Bonchev–Trinajstić information content (AvgIpc) is 2.84. The van der Waals surface area contributed by atoms with Gasteiger partial charge in [-0.1, -0.05) is 23.2 Å². The fraction of sp³-hybridized carbons (Fsp3) is 0.154. The van der Waals surface area contributed by atoms with Gasteiger partial charge >= 0.3 is 6.18 Å². The molecule has 0 saturated carbocycles. The first-order valence-corrected chi connectivity index (χ1v) is 7.65. The summed E-state index contributed by atoms with van der Waals surface area (Å²) in [5.41, 5.74) is -1.13. The molecule has 1 N–H and O–H groups in total. The number of pyridine rings is 1. The van der Waals surface area contributed by atoms with Crippen LogP contribution in [0.2, 0.25) is 10.0 Å². The van der Waals surface area contributed by atoms with E-state index < -0.39 is 29.2 Å². The molecule has 0 aliphatic carbocycles. The number of halogens is 5. The molecule has 2 aromatic rings. The van der Waals surface area contributed by atoms with Crippen LogP contribution in [0.3, 0.4) is 0 Å². The van der Waals surface area contributed by atoms with Crippen LogP contribution < -0.4 is 10.9 Å². The lowest BCUT2D eigenvalue weighted by atomic mass is 10.3. The highest BCUT2D eigenvalue weighted by Gasteiger charge is 2.29. The SMILES string of the molecule is N#Cc1sc(C(=O)Nc2cc(Cl)c(=O)n(CC(F)(F)F)c2)cc1Cl. The van der Waals surface area contributed by atoms with Gasteiger partial charge in [0.05, 0.1) is 15.6 Å². The number of nitrogens with zero attached hydrogens (tertiary/aromatic N) is 2. The number of alkyl halides is 3. The third-order valence-corrected chi connectivity index (χ3v) is 4.38. The minimum atomic E-state index is -4.63. The van der Waals surface area contributed by atoms with Crippen molar-refractivity contribution in [3.05, 3.63) is 48.5 Å². The van der Waals surface area contributed by atoms with E-state index in [1.165, 1.54) is 6.07 Å². The van der Waals surface area contributed by atoms with Gasteiger partial charge in [-0.05, 0) is 12.1 Å². The zero-order valence-electron chi connectivity index (χ0n) is 11.4. The molecule has 0 unspecified atom stereocenters. The zero-order valence-corrected chi connectivity index (χ0v) is 13.8. The molecule has 1 amide bonds. The summed E-state index contributed by atoms with van der Waals surface area (Å²) >= 11 is 12.2. The van der Waals surface area contributed by atoms with Crippen molar-refractivity contribution in [2.24, 2.45) is 0 Å². The molecule has 0 fully saturated rings. The Bertz CT molecular complexity index is 899. The monoisotopic (exact) mass is 395 g/mol. The molecule has 5 nitrogen and oxygen atoms in total. The Kier molecular flexibility index (Phi) is 5.22. The first-order chi connectivity index (χ1) is 11.1. The molecular weight excluding hydrogens is 390 g/mol. The molecule has 0 atom stereocenters. The van der Waals surface area contributed by atoms with Crippen molar-refractivity contribution in [1.29, 1.82) is 5.26 Å². The van der Waals surface area contributed by atoms with Crippen LogP contribution in [-0.4, -0.2) is 16.7 Å². The van der Waals surface area contributed by atoms with Gasteiger partial charge < -0.3 is 9.88 Å². The van der Waals surface area contributed by atoms with Crippen LogP contribution in [0.4, 0.5) is 18.9 Å². The number of hydrogen-bond acceptors (Lipinski definition) is 4. The number of rotatable bonds is 3. The Morgan fingerprint density at radius 2 is 2.00 bits per heavy atom. The van der Waals surface area contributed by atoms with E-state index in [-0.39, 0.29) is 20.5 Å². The highest BCUT2D eigenvalue weighted by molar-refractivity contribution is 7.15. The van der Waals surface area contributed by atoms with E-state index in [1.807, 2.05) is 0 Å². The van der Waals surface area contributed by atoms with Crippen LogP contribution in [-0.2, 0) is 6.54 Å².